The molecule has 0 unspecified atom stereocenters. The van der Waals surface area contributed by atoms with E-state index in [9.17, 15) is 26.0 Å². The normalized spacial score (nSPS) is 19.8. The monoisotopic (exact) mass is 309 g/mol. The summed E-state index contributed by atoms with van der Waals surface area (Å²) in [6.45, 7) is 0. The van der Waals surface area contributed by atoms with Crippen LogP contribution in [-0.4, -0.2) is 13.4 Å². The van der Waals surface area contributed by atoms with Gasteiger partial charge in [-0.15, -0.1) is 0 Å². The summed E-state index contributed by atoms with van der Waals surface area (Å²) in [6, 6.07) is 3.24. The third kappa shape index (κ3) is 2.68. The van der Waals surface area contributed by atoms with Crippen LogP contribution >= 0.6 is 0 Å². The Morgan fingerprint density at radius 2 is 1.70 bits per heavy atom. The van der Waals surface area contributed by atoms with Gasteiger partial charge in [-0.25, -0.2) is 12.8 Å². The van der Waals surface area contributed by atoms with Gasteiger partial charge in [0.15, 0.2) is 0 Å². The van der Waals surface area contributed by atoms with Crippen molar-refractivity contribution in [2.24, 2.45) is 0 Å². The largest absolute Gasteiger partial charge is 0.416 e. The van der Waals surface area contributed by atoms with Gasteiger partial charge in [-0.05, 0) is 50.3 Å². The molecule has 0 aromatic heterocycles. The molecule has 0 N–H and O–H groups in total. The zero-order valence-corrected chi connectivity index (χ0v) is 11.3. The fourth-order valence-corrected chi connectivity index (χ4v) is 3.96. The maximum atomic E-state index is 14.6. The summed E-state index contributed by atoms with van der Waals surface area (Å²) in [7, 11) is -4.43. The Hall–Kier alpha value is -1.11. The standard InChI is InChI=1S/C13H13F4O2S/c14-12(7-2-1-3-8-12)20(18,19)11-6-4-5-10(9-11)13(15,16)17/h1,4-6,9H,2-3,7-8H2. The fraction of sp³-hybridized carbons (Fsp3) is 0.462. The number of alkyl halides is 4. The van der Waals surface area contributed by atoms with Crippen molar-refractivity contribution >= 4 is 9.84 Å². The number of hydrogen-bond acceptors (Lipinski definition) is 2. The Kier molecular flexibility index (Phi) is 3.83. The van der Waals surface area contributed by atoms with Gasteiger partial charge in [0.1, 0.15) is 0 Å². The van der Waals surface area contributed by atoms with E-state index in [1.54, 1.807) is 6.42 Å². The maximum Gasteiger partial charge on any atom is 0.416 e. The molecule has 0 amide bonds. The van der Waals surface area contributed by atoms with Crippen molar-refractivity contribution in [3.8, 4) is 0 Å². The molecule has 0 heterocycles. The van der Waals surface area contributed by atoms with Crippen molar-refractivity contribution in [3.05, 3.63) is 36.2 Å². The molecule has 0 bridgehead atoms. The van der Waals surface area contributed by atoms with Gasteiger partial charge < -0.3 is 0 Å². The highest BCUT2D eigenvalue weighted by molar-refractivity contribution is 7.92. The van der Waals surface area contributed by atoms with Crippen molar-refractivity contribution in [2.75, 3.05) is 0 Å². The number of rotatable bonds is 2. The highest BCUT2D eigenvalue weighted by Gasteiger charge is 2.46. The average Bonchev–Trinajstić information content (AvgIpc) is 2.38. The van der Waals surface area contributed by atoms with Gasteiger partial charge >= 0.3 is 6.18 Å². The molecule has 1 aliphatic rings. The molecule has 1 radical (unpaired) electrons. The third-order valence-corrected chi connectivity index (χ3v) is 5.64. The maximum absolute atomic E-state index is 14.6. The van der Waals surface area contributed by atoms with Gasteiger partial charge in [0, 0.05) is 0 Å². The van der Waals surface area contributed by atoms with Crippen LogP contribution in [0.5, 0.6) is 0 Å². The van der Waals surface area contributed by atoms with Crippen molar-refractivity contribution in [1.82, 2.24) is 0 Å². The molecule has 0 spiro atoms. The zero-order chi connectivity index (χ0) is 15.0. The van der Waals surface area contributed by atoms with E-state index >= 15 is 0 Å². The molecule has 1 fully saturated rings. The highest BCUT2D eigenvalue weighted by Crippen LogP contribution is 2.41. The number of halogens is 4. The molecule has 2 rings (SSSR count). The van der Waals surface area contributed by atoms with E-state index in [4.69, 9.17) is 0 Å². The Bertz CT molecular complexity index is 587. The van der Waals surface area contributed by atoms with Crippen LogP contribution in [0.3, 0.4) is 0 Å². The lowest BCUT2D eigenvalue weighted by Gasteiger charge is -2.29. The molecule has 0 aliphatic heterocycles. The van der Waals surface area contributed by atoms with Crippen molar-refractivity contribution < 1.29 is 26.0 Å². The minimum atomic E-state index is -4.66. The van der Waals surface area contributed by atoms with Gasteiger partial charge in [-0.1, -0.05) is 6.07 Å². The zero-order valence-electron chi connectivity index (χ0n) is 10.5. The van der Waals surface area contributed by atoms with Crippen LogP contribution in [0.15, 0.2) is 29.2 Å². The van der Waals surface area contributed by atoms with E-state index in [2.05, 4.69) is 0 Å². The first-order valence-electron chi connectivity index (χ1n) is 6.09. The molecule has 7 heteroatoms. The fourth-order valence-electron chi connectivity index (χ4n) is 2.22. The first kappa shape index (κ1) is 15.3. The summed E-state index contributed by atoms with van der Waals surface area (Å²) in [4.78, 5) is -0.614. The Balaban J connectivity index is 2.44. The van der Waals surface area contributed by atoms with Crippen LogP contribution < -0.4 is 0 Å². The molecule has 1 aromatic carbocycles. The van der Waals surface area contributed by atoms with Gasteiger partial charge in [0.05, 0.1) is 10.5 Å². The van der Waals surface area contributed by atoms with Crippen LogP contribution in [0.1, 0.15) is 31.2 Å². The second-order valence-corrected chi connectivity index (χ2v) is 6.99. The van der Waals surface area contributed by atoms with Gasteiger partial charge in [0.2, 0.25) is 14.8 Å². The van der Waals surface area contributed by atoms with E-state index in [0.717, 1.165) is 18.2 Å². The lowest BCUT2D eigenvalue weighted by molar-refractivity contribution is -0.137. The third-order valence-electron chi connectivity index (χ3n) is 3.40. The number of benzene rings is 1. The number of sulfone groups is 1. The Morgan fingerprint density at radius 3 is 2.25 bits per heavy atom. The SMILES string of the molecule is O=S(=O)(c1cccc(C(F)(F)F)c1)C1(F)CC[CH]CC1. The predicted octanol–water partition coefficient (Wildman–Crippen LogP) is 3.92. The summed E-state index contributed by atoms with van der Waals surface area (Å²) in [5.74, 6) is 0. The summed E-state index contributed by atoms with van der Waals surface area (Å²) in [6.07, 6.45) is -2.71. The Morgan fingerprint density at radius 1 is 1.10 bits per heavy atom. The van der Waals surface area contributed by atoms with Crippen LogP contribution in [0.2, 0.25) is 0 Å². The minimum absolute atomic E-state index is 0.217. The first-order chi connectivity index (χ1) is 9.17. The molecule has 1 aromatic rings. The van der Waals surface area contributed by atoms with E-state index in [-0.39, 0.29) is 12.8 Å². The lowest BCUT2D eigenvalue weighted by Crippen LogP contribution is -2.36. The molecular weight excluding hydrogens is 296 g/mol. The van der Waals surface area contributed by atoms with E-state index < -0.39 is 31.5 Å². The van der Waals surface area contributed by atoms with Crippen molar-refractivity contribution in [2.45, 2.75) is 41.8 Å². The van der Waals surface area contributed by atoms with E-state index in [1.165, 1.54) is 0 Å². The molecule has 0 atom stereocenters. The lowest BCUT2D eigenvalue weighted by atomic mass is 9.98. The summed E-state index contributed by atoms with van der Waals surface area (Å²) >= 11 is 0. The van der Waals surface area contributed by atoms with E-state index in [1.807, 2.05) is 0 Å². The van der Waals surface area contributed by atoms with Crippen LogP contribution in [0, 0.1) is 6.42 Å². The van der Waals surface area contributed by atoms with Gasteiger partial charge in [0.25, 0.3) is 0 Å². The second kappa shape index (κ2) is 5.02. The summed E-state index contributed by atoms with van der Waals surface area (Å²) < 4.78 is 76.8. The molecule has 111 valence electrons. The summed E-state index contributed by atoms with van der Waals surface area (Å²) in [5.41, 5.74) is -1.09. The first-order valence-corrected chi connectivity index (χ1v) is 7.58. The predicted molar refractivity (Wildman–Crippen MR) is 65.2 cm³/mol. The summed E-state index contributed by atoms with van der Waals surface area (Å²) in [5, 5.41) is -2.48. The molecule has 2 nitrogen and oxygen atoms in total. The average molecular weight is 309 g/mol. The van der Waals surface area contributed by atoms with Crippen LogP contribution in [-0.2, 0) is 16.0 Å². The highest BCUT2D eigenvalue weighted by atomic mass is 32.2. The molecule has 1 saturated carbocycles. The quantitative estimate of drug-likeness (QED) is 0.776. The smallest absolute Gasteiger partial charge is 0.226 e. The van der Waals surface area contributed by atoms with E-state index in [0.29, 0.717) is 18.9 Å². The second-order valence-electron chi connectivity index (χ2n) is 4.78. The molecular formula is C13H13F4O2S. The number of hydrogen-bond donors (Lipinski definition) is 0. The molecule has 1 aliphatic carbocycles. The molecule has 0 saturated heterocycles. The topological polar surface area (TPSA) is 34.1 Å². The van der Waals surface area contributed by atoms with Crippen molar-refractivity contribution in [1.29, 1.82) is 0 Å². The minimum Gasteiger partial charge on any atom is -0.226 e. The Labute approximate surface area is 114 Å². The molecule has 20 heavy (non-hydrogen) atoms. The van der Waals surface area contributed by atoms with Crippen LogP contribution in [0.4, 0.5) is 17.6 Å². The van der Waals surface area contributed by atoms with Gasteiger partial charge in [-0.3, -0.25) is 0 Å². The van der Waals surface area contributed by atoms with Gasteiger partial charge in [-0.2, -0.15) is 13.2 Å². The van der Waals surface area contributed by atoms with Crippen LogP contribution in [0.25, 0.3) is 0 Å². The van der Waals surface area contributed by atoms with Crippen molar-refractivity contribution in [3.63, 3.8) is 0 Å².